The summed E-state index contributed by atoms with van der Waals surface area (Å²) in [5.74, 6) is 0.273. The molecule has 2 fully saturated rings. The van der Waals surface area contributed by atoms with E-state index in [1.54, 1.807) is 4.57 Å². The molecule has 4 atom stereocenters. The second kappa shape index (κ2) is 3.85. The smallest absolute Gasteiger partial charge is 0.167 e. The summed E-state index contributed by atoms with van der Waals surface area (Å²) in [7, 11) is 0. The fraction of sp³-hybridized carbons (Fsp3) is 0.545. The standard InChI is InChI=1S/C11H13N5O4/c12-8-5-9(14-3-13-8)16(4-15-5)10-6-7(18)11(1-17,20-10)2-19-6/h3-4,6-7,10,17-18H,1-2H2,(H2,12,13,14)/t6-,7?,10?,11+/m0/s1. The highest BCUT2D eigenvalue weighted by Crippen LogP contribution is 2.45. The molecule has 0 spiro atoms. The van der Waals surface area contributed by atoms with Crippen molar-refractivity contribution >= 4 is 17.0 Å². The monoisotopic (exact) mass is 279 g/mol. The molecule has 4 N–H and O–H groups in total. The number of aliphatic hydroxyl groups is 2. The average molecular weight is 279 g/mol. The zero-order chi connectivity index (χ0) is 13.9. The predicted molar refractivity (Wildman–Crippen MR) is 65.4 cm³/mol. The number of fused-ring (bicyclic) bond motifs is 3. The minimum atomic E-state index is -1.08. The van der Waals surface area contributed by atoms with Gasteiger partial charge in [0.1, 0.15) is 29.7 Å². The minimum absolute atomic E-state index is 0.162. The third kappa shape index (κ3) is 1.32. The molecule has 2 aliphatic heterocycles. The van der Waals surface area contributed by atoms with Crippen molar-refractivity contribution in [1.82, 2.24) is 19.5 Å². The molecule has 4 heterocycles. The van der Waals surface area contributed by atoms with Crippen molar-refractivity contribution in [2.75, 3.05) is 18.9 Å². The number of nitrogens with zero attached hydrogens (tertiary/aromatic N) is 4. The van der Waals surface area contributed by atoms with E-state index in [4.69, 9.17) is 15.2 Å². The number of nitrogen functional groups attached to an aromatic ring is 1. The average Bonchev–Trinajstić information content (AvgIpc) is 3.10. The lowest BCUT2D eigenvalue weighted by molar-refractivity contribution is -0.185. The first-order valence-corrected chi connectivity index (χ1v) is 6.18. The Balaban J connectivity index is 1.80. The third-order valence-electron chi connectivity index (χ3n) is 3.94. The summed E-state index contributed by atoms with van der Waals surface area (Å²) in [6.07, 6.45) is 0.778. The van der Waals surface area contributed by atoms with Crippen LogP contribution in [0.5, 0.6) is 0 Å². The molecule has 9 heteroatoms. The highest BCUT2D eigenvalue weighted by Gasteiger charge is 2.61. The maximum Gasteiger partial charge on any atom is 0.167 e. The lowest BCUT2D eigenvalue weighted by atomic mass is 10.0. The Morgan fingerprint density at radius 2 is 2.30 bits per heavy atom. The minimum Gasteiger partial charge on any atom is -0.393 e. The van der Waals surface area contributed by atoms with Crippen LogP contribution in [0.1, 0.15) is 6.23 Å². The predicted octanol–water partition coefficient (Wildman–Crippen LogP) is -1.57. The van der Waals surface area contributed by atoms with Gasteiger partial charge in [-0.1, -0.05) is 0 Å². The Morgan fingerprint density at radius 1 is 1.45 bits per heavy atom. The van der Waals surface area contributed by atoms with Gasteiger partial charge in [-0.3, -0.25) is 4.57 Å². The molecule has 0 aromatic carbocycles. The molecule has 4 rings (SSSR count). The van der Waals surface area contributed by atoms with E-state index in [-0.39, 0.29) is 19.0 Å². The molecule has 20 heavy (non-hydrogen) atoms. The fourth-order valence-corrected chi connectivity index (χ4v) is 2.81. The summed E-state index contributed by atoms with van der Waals surface area (Å²) in [5.41, 5.74) is 5.62. The second-order valence-electron chi connectivity index (χ2n) is 5.03. The Hall–Kier alpha value is -1.81. The van der Waals surface area contributed by atoms with Crippen molar-refractivity contribution < 1.29 is 19.7 Å². The van der Waals surface area contributed by atoms with Gasteiger partial charge in [-0.05, 0) is 0 Å². The molecule has 2 unspecified atom stereocenters. The van der Waals surface area contributed by atoms with Crippen LogP contribution >= 0.6 is 0 Å². The first-order chi connectivity index (χ1) is 9.66. The Morgan fingerprint density at radius 3 is 3.05 bits per heavy atom. The Bertz CT molecular complexity index is 676. The number of hydrogen-bond donors (Lipinski definition) is 3. The summed E-state index contributed by atoms with van der Waals surface area (Å²) in [4.78, 5) is 12.2. The van der Waals surface area contributed by atoms with Crippen molar-refractivity contribution in [2.24, 2.45) is 0 Å². The number of rotatable bonds is 2. The van der Waals surface area contributed by atoms with E-state index < -0.39 is 24.0 Å². The van der Waals surface area contributed by atoms with E-state index in [2.05, 4.69) is 15.0 Å². The molecule has 0 saturated carbocycles. The van der Waals surface area contributed by atoms with E-state index in [9.17, 15) is 10.2 Å². The zero-order valence-electron chi connectivity index (χ0n) is 10.4. The van der Waals surface area contributed by atoms with E-state index in [1.165, 1.54) is 12.7 Å². The van der Waals surface area contributed by atoms with Gasteiger partial charge in [0.25, 0.3) is 0 Å². The van der Waals surface area contributed by atoms with E-state index >= 15 is 0 Å². The van der Waals surface area contributed by atoms with Gasteiger partial charge in [0.05, 0.1) is 19.5 Å². The third-order valence-corrected chi connectivity index (χ3v) is 3.94. The first kappa shape index (κ1) is 12.0. The van der Waals surface area contributed by atoms with E-state index in [1.807, 2.05) is 0 Å². The van der Waals surface area contributed by atoms with Crippen LogP contribution in [0.2, 0.25) is 0 Å². The molecule has 9 nitrogen and oxygen atoms in total. The van der Waals surface area contributed by atoms with Gasteiger partial charge in [-0.25, -0.2) is 15.0 Å². The largest absolute Gasteiger partial charge is 0.393 e. The highest BCUT2D eigenvalue weighted by atomic mass is 16.7. The molecule has 2 saturated heterocycles. The number of nitrogens with two attached hydrogens (primary N) is 1. The quantitative estimate of drug-likeness (QED) is 0.601. The van der Waals surface area contributed by atoms with Crippen LogP contribution in [-0.2, 0) is 9.47 Å². The molecule has 2 aromatic rings. The molecule has 2 aromatic heterocycles. The molecule has 0 amide bonds. The Labute approximate surface area is 113 Å². The molecule has 2 bridgehead atoms. The van der Waals surface area contributed by atoms with Gasteiger partial charge in [0.2, 0.25) is 0 Å². The number of anilines is 1. The van der Waals surface area contributed by atoms with Crippen LogP contribution in [-0.4, -0.2) is 60.8 Å². The first-order valence-electron chi connectivity index (χ1n) is 6.18. The van der Waals surface area contributed by atoms with Crippen LogP contribution < -0.4 is 5.73 Å². The van der Waals surface area contributed by atoms with Crippen LogP contribution in [0.4, 0.5) is 5.82 Å². The number of aromatic nitrogens is 4. The number of aliphatic hydroxyl groups excluding tert-OH is 2. The summed E-state index contributed by atoms with van der Waals surface area (Å²) >= 11 is 0. The van der Waals surface area contributed by atoms with Crippen molar-refractivity contribution in [3.63, 3.8) is 0 Å². The summed E-state index contributed by atoms with van der Waals surface area (Å²) < 4.78 is 13.0. The van der Waals surface area contributed by atoms with Gasteiger partial charge in [0.15, 0.2) is 17.7 Å². The van der Waals surface area contributed by atoms with Crippen molar-refractivity contribution in [3.05, 3.63) is 12.7 Å². The number of ether oxygens (including phenoxy) is 2. The lowest BCUT2D eigenvalue weighted by Crippen LogP contribution is -2.44. The van der Waals surface area contributed by atoms with Gasteiger partial charge >= 0.3 is 0 Å². The summed E-state index contributed by atoms with van der Waals surface area (Å²) in [6, 6.07) is 0. The van der Waals surface area contributed by atoms with E-state index in [0.717, 1.165) is 0 Å². The van der Waals surface area contributed by atoms with Crippen LogP contribution in [0.3, 0.4) is 0 Å². The van der Waals surface area contributed by atoms with Crippen LogP contribution in [0.15, 0.2) is 12.7 Å². The fourth-order valence-electron chi connectivity index (χ4n) is 2.81. The van der Waals surface area contributed by atoms with Crippen molar-refractivity contribution in [2.45, 2.75) is 24.0 Å². The summed E-state index contributed by atoms with van der Waals surface area (Å²) in [5, 5.41) is 19.6. The van der Waals surface area contributed by atoms with Gasteiger partial charge in [-0.2, -0.15) is 0 Å². The SMILES string of the molecule is Nc1ncnc2c1ncn2C1O[C@]2(CO)CO[C@H]1C2O. The molecule has 2 aliphatic rings. The second-order valence-corrected chi connectivity index (χ2v) is 5.03. The topological polar surface area (TPSA) is 129 Å². The number of imidazole rings is 1. The summed E-state index contributed by atoms with van der Waals surface area (Å²) in [6.45, 7) is -0.152. The van der Waals surface area contributed by atoms with Gasteiger partial charge < -0.3 is 25.4 Å². The maximum atomic E-state index is 10.2. The van der Waals surface area contributed by atoms with Gasteiger partial charge in [0, 0.05) is 0 Å². The maximum absolute atomic E-state index is 10.2. The number of hydrogen-bond acceptors (Lipinski definition) is 8. The normalized spacial score (nSPS) is 36.0. The molecular formula is C11H13N5O4. The molecule has 0 aliphatic carbocycles. The van der Waals surface area contributed by atoms with Crippen molar-refractivity contribution in [3.8, 4) is 0 Å². The molecule has 106 valence electrons. The highest BCUT2D eigenvalue weighted by molar-refractivity contribution is 5.81. The molecule has 0 radical (unpaired) electrons. The van der Waals surface area contributed by atoms with Gasteiger partial charge in [-0.15, -0.1) is 0 Å². The zero-order valence-corrected chi connectivity index (χ0v) is 10.4. The lowest BCUT2D eigenvalue weighted by Gasteiger charge is -2.29. The van der Waals surface area contributed by atoms with Crippen LogP contribution in [0, 0.1) is 0 Å². The van der Waals surface area contributed by atoms with Crippen molar-refractivity contribution in [1.29, 1.82) is 0 Å². The Kier molecular flexibility index (Phi) is 2.31. The van der Waals surface area contributed by atoms with E-state index in [0.29, 0.717) is 11.2 Å². The van der Waals surface area contributed by atoms with Crippen LogP contribution in [0.25, 0.3) is 11.2 Å². The molecular weight excluding hydrogens is 266 g/mol.